The van der Waals surface area contributed by atoms with Gasteiger partial charge in [-0.25, -0.2) is 0 Å². The summed E-state index contributed by atoms with van der Waals surface area (Å²) in [4.78, 5) is 14.2. The highest BCUT2D eigenvalue weighted by molar-refractivity contribution is 6.33. The molecular formula is C10H11ClN4O. The fourth-order valence-corrected chi connectivity index (χ4v) is 1.48. The van der Waals surface area contributed by atoms with Crippen LogP contribution >= 0.6 is 11.6 Å². The van der Waals surface area contributed by atoms with E-state index in [0.717, 1.165) is 5.56 Å². The second kappa shape index (κ2) is 6.00. The molecule has 0 bridgehead atoms. The molecule has 1 rings (SSSR count). The summed E-state index contributed by atoms with van der Waals surface area (Å²) in [5.74, 6) is -0.266. The lowest BCUT2D eigenvalue weighted by Gasteiger charge is -2.05. The molecule has 84 valence electrons. The number of hydrogen-bond donors (Lipinski definition) is 1. The number of hydrogen-bond acceptors (Lipinski definition) is 2. The molecule has 6 heteroatoms. The zero-order valence-corrected chi connectivity index (χ0v) is 9.53. The number of benzene rings is 1. The summed E-state index contributed by atoms with van der Waals surface area (Å²) in [7, 11) is 0. The molecule has 0 saturated carbocycles. The maximum atomic E-state index is 11.6. The van der Waals surface area contributed by atoms with Crippen LogP contribution in [0.3, 0.4) is 0 Å². The van der Waals surface area contributed by atoms with Gasteiger partial charge in [-0.1, -0.05) is 22.8 Å². The molecule has 1 aromatic rings. The topological polar surface area (TPSA) is 77.9 Å². The molecule has 0 spiro atoms. The van der Waals surface area contributed by atoms with Gasteiger partial charge in [-0.05, 0) is 30.2 Å². The van der Waals surface area contributed by atoms with Crippen LogP contribution in [0.15, 0.2) is 23.3 Å². The van der Waals surface area contributed by atoms with E-state index in [1.807, 2.05) is 13.0 Å². The SMILES string of the molecule is Cc1ccc(C(=O)NCCN=[N+]=[N-])c(Cl)c1. The van der Waals surface area contributed by atoms with E-state index >= 15 is 0 Å². The van der Waals surface area contributed by atoms with Crippen LogP contribution in [-0.4, -0.2) is 19.0 Å². The smallest absolute Gasteiger partial charge is 0.252 e. The van der Waals surface area contributed by atoms with Gasteiger partial charge in [0.1, 0.15) is 0 Å². The highest BCUT2D eigenvalue weighted by Gasteiger charge is 2.08. The third kappa shape index (κ3) is 3.46. The maximum Gasteiger partial charge on any atom is 0.252 e. The minimum absolute atomic E-state index is 0.228. The van der Waals surface area contributed by atoms with Crippen molar-refractivity contribution in [1.29, 1.82) is 0 Å². The Morgan fingerprint density at radius 2 is 2.38 bits per heavy atom. The predicted molar refractivity (Wildman–Crippen MR) is 62.5 cm³/mol. The Morgan fingerprint density at radius 3 is 3.00 bits per heavy atom. The second-order valence-corrected chi connectivity index (χ2v) is 3.60. The molecule has 1 amide bonds. The normalized spacial score (nSPS) is 9.38. The van der Waals surface area contributed by atoms with E-state index < -0.39 is 0 Å². The van der Waals surface area contributed by atoms with Crippen molar-refractivity contribution in [2.24, 2.45) is 5.11 Å². The molecule has 0 fully saturated rings. The molecule has 0 aliphatic rings. The van der Waals surface area contributed by atoms with Crippen LogP contribution in [0.25, 0.3) is 10.4 Å². The fourth-order valence-electron chi connectivity index (χ4n) is 1.16. The van der Waals surface area contributed by atoms with E-state index in [0.29, 0.717) is 17.1 Å². The van der Waals surface area contributed by atoms with Crippen LogP contribution in [0.4, 0.5) is 0 Å². The summed E-state index contributed by atoms with van der Waals surface area (Å²) in [6, 6.07) is 5.21. The van der Waals surface area contributed by atoms with Crippen LogP contribution in [0, 0.1) is 6.92 Å². The Balaban J connectivity index is 2.62. The Hall–Kier alpha value is -1.71. The molecule has 1 aromatic carbocycles. The molecule has 0 unspecified atom stereocenters. The van der Waals surface area contributed by atoms with Gasteiger partial charge in [0.15, 0.2) is 0 Å². The monoisotopic (exact) mass is 238 g/mol. The van der Waals surface area contributed by atoms with Crippen molar-refractivity contribution in [3.05, 3.63) is 44.8 Å². The van der Waals surface area contributed by atoms with E-state index in [4.69, 9.17) is 17.1 Å². The number of rotatable bonds is 4. The molecule has 16 heavy (non-hydrogen) atoms. The zero-order valence-electron chi connectivity index (χ0n) is 8.77. The molecule has 0 aliphatic carbocycles. The summed E-state index contributed by atoms with van der Waals surface area (Å²) in [5, 5.41) is 6.33. The summed E-state index contributed by atoms with van der Waals surface area (Å²) in [5.41, 5.74) is 9.47. The molecule has 0 saturated heterocycles. The van der Waals surface area contributed by atoms with Crippen molar-refractivity contribution in [1.82, 2.24) is 5.32 Å². The highest BCUT2D eigenvalue weighted by atomic mass is 35.5. The predicted octanol–water partition coefficient (Wildman–Crippen LogP) is 2.69. The number of aryl methyl sites for hydroxylation is 1. The van der Waals surface area contributed by atoms with Crippen molar-refractivity contribution in [2.45, 2.75) is 6.92 Å². The molecule has 0 atom stereocenters. The van der Waals surface area contributed by atoms with Crippen molar-refractivity contribution in [3.8, 4) is 0 Å². The Morgan fingerprint density at radius 1 is 1.62 bits per heavy atom. The summed E-state index contributed by atoms with van der Waals surface area (Å²) >= 11 is 5.92. The maximum absolute atomic E-state index is 11.6. The van der Waals surface area contributed by atoms with Crippen molar-refractivity contribution in [2.75, 3.05) is 13.1 Å². The number of nitrogens with one attached hydrogen (secondary N) is 1. The van der Waals surface area contributed by atoms with Gasteiger partial charge >= 0.3 is 0 Å². The summed E-state index contributed by atoms with van der Waals surface area (Å²) in [6.45, 7) is 2.42. The summed E-state index contributed by atoms with van der Waals surface area (Å²) in [6.07, 6.45) is 0. The van der Waals surface area contributed by atoms with Gasteiger partial charge in [0.2, 0.25) is 0 Å². The summed E-state index contributed by atoms with van der Waals surface area (Å²) < 4.78 is 0. The van der Waals surface area contributed by atoms with Crippen LogP contribution in [0.5, 0.6) is 0 Å². The minimum atomic E-state index is -0.266. The van der Waals surface area contributed by atoms with Gasteiger partial charge in [-0.3, -0.25) is 4.79 Å². The number of nitrogens with zero attached hydrogens (tertiary/aromatic N) is 3. The first-order valence-electron chi connectivity index (χ1n) is 4.70. The Labute approximate surface area is 98.0 Å². The quantitative estimate of drug-likeness (QED) is 0.372. The highest BCUT2D eigenvalue weighted by Crippen LogP contribution is 2.17. The number of carbonyl (C=O) groups excluding carboxylic acids is 1. The first-order valence-corrected chi connectivity index (χ1v) is 5.08. The number of amides is 1. The third-order valence-corrected chi connectivity index (χ3v) is 2.24. The molecule has 0 aliphatic heterocycles. The van der Waals surface area contributed by atoms with Crippen LogP contribution in [-0.2, 0) is 0 Å². The van der Waals surface area contributed by atoms with Crippen LogP contribution in [0.1, 0.15) is 15.9 Å². The number of carbonyl (C=O) groups is 1. The average Bonchev–Trinajstić information content (AvgIpc) is 2.24. The molecule has 5 nitrogen and oxygen atoms in total. The lowest BCUT2D eigenvalue weighted by molar-refractivity contribution is 0.0955. The van der Waals surface area contributed by atoms with Gasteiger partial charge in [0, 0.05) is 18.0 Å². The lowest BCUT2D eigenvalue weighted by atomic mass is 10.1. The van der Waals surface area contributed by atoms with Crippen molar-refractivity contribution >= 4 is 17.5 Å². The molecule has 0 heterocycles. The fraction of sp³-hybridized carbons (Fsp3) is 0.300. The zero-order chi connectivity index (χ0) is 12.0. The average molecular weight is 239 g/mol. The standard InChI is InChI=1S/C10H11ClN4O/c1-7-2-3-8(9(11)6-7)10(16)13-4-5-14-15-12/h2-3,6H,4-5H2,1H3,(H,13,16). The van der Waals surface area contributed by atoms with E-state index in [1.165, 1.54) is 0 Å². The van der Waals surface area contributed by atoms with E-state index in [-0.39, 0.29) is 12.5 Å². The largest absolute Gasteiger partial charge is 0.352 e. The Kier molecular flexibility index (Phi) is 4.64. The van der Waals surface area contributed by atoms with Crippen molar-refractivity contribution < 1.29 is 4.79 Å². The molecular weight excluding hydrogens is 228 g/mol. The van der Waals surface area contributed by atoms with Gasteiger partial charge in [-0.2, -0.15) is 0 Å². The molecule has 0 aromatic heterocycles. The lowest BCUT2D eigenvalue weighted by Crippen LogP contribution is -2.26. The molecule has 1 N–H and O–H groups in total. The number of azide groups is 1. The van der Waals surface area contributed by atoms with E-state index in [2.05, 4.69) is 15.3 Å². The van der Waals surface area contributed by atoms with Gasteiger partial charge < -0.3 is 5.32 Å². The first-order chi connectivity index (χ1) is 7.65. The minimum Gasteiger partial charge on any atom is -0.352 e. The number of halogens is 1. The third-order valence-electron chi connectivity index (χ3n) is 1.93. The van der Waals surface area contributed by atoms with E-state index in [1.54, 1.807) is 12.1 Å². The Bertz CT molecular complexity index is 440. The first kappa shape index (κ1) is 12.4. The van der Waals surface area contributed by atoms with Gasteiger partial charge in [-0.15, -0.1) is 0 Å². The van der Waals surface area contributed by atoms with E-state index in [9.17, 15) is 4.79 Å². The van der Waals surface area contributed by atoms with Gasteiger partial charge in [0.05, 0.1) is 10.6 Å². The molecule has 0 radical (unpaired) electrons. The van der Waals surface area contributed by atoms with Gasteiger partial charge in [0.25, 0.3) is 5.91 Å². The van der Waals surface area contributed by atoms with Crippen LogP contribution in [0.2, 0.25) is 5.02 Å². The van der Waals surface area contributed by atoms with Crippen LogP contribution < -0.4 is 5.32 Å². The second-order valence-electron chi connectivity index (χ2n) is 3.19. The van der Waals surface area contributed by atoms with Crippen molar-refractivity contribution in [3.63, 3.8) is 0 Å².